The molecule has 0 amide bonds. The number of halogens is 3. The molecule has 0 saturated heterocycles. The number of fused-ring (bicyclic) bond motifs is 1. The van der Waals surface area contributed by atoms with Gasteiger partial charge < -0.3 is 37.0 Å². The number of aliphatic imine (C=N–C) groups is 1. The predicted octanol–water partition coefficient (Wildman–Crippen LogP) is 7.08. The smallest absolute Gasteiger partial charge is 0.312 e. The summed E-state index contributed by atoms with van der Waals surface area (Å²) in [4.78, 5) is 22.3. The summed E-state index contributed by atoms with van der Waals surface area (Å²) >= 11 is 0. The second-order valence-electron chi connectivity index (χ2n) is 16.9. The van der Waals surface area contributed by atoms with Gasteiger partial charge in [-0.25, -0.2) is 23.7 Å². The van der Waals surface area contributed by atoms with Crippen LogP contribution in [0.1, 0.15) is 102 Å². The molecule has 15 heteroatoms. The molecule has 3 aromatic rings. The average Bonchev–Trinajstić information content (AvgIpc) is 3.94. The van der Waals surface area contributed by atoms with Crippen molar-refractivity contribution in [3.8, 4) is 0 Å². The molecule has 12 nitrogen and oxygen atoms in total. The van der Waals surface area contributed by atoms with E-state index in [1.54, 1.807) is 0 Å². The highest BCUT2D eigenvalue weighted by Gasteiger charge is 2.32. The molecule has 5 unspecified atom stereocenters. The zero-order valence-electron chi connectivity index (χ0n) is 34.8. The minimum absolute atomic E-state index is 0.0168. The lowest BCUT2D eigenvalue weighted by Gasteiger charge is -2.23. The van der Waals surface area contributed by atoms with Crippen LogP contribution in [0.3, 0.4) is 0 Å². The Kier molecular flexibility index (Phi) is 13.4. The fourth-order valence-electron chi connectivity index (χ4n) is 9.28. The number of nitrogens with two attached hydrogens (primary N) is 3. The quantitative estimate of drug-likeness (QED) is 0.0367. The third kappa shape index (κ3) is 9.35. The molecule has 8 N–H and O–H groups in total. The minimum Gasteiger partial charge on any atom is -0.383 e. The summed E-state index contributed by atoms with van der Waals surface area (Å²) in [6, 6.07) is -0.0168. The van der Waals surface area contributed by atoms with Crippen molar-refractivity contribution in [3.63, 3.8) is 0 Å². The van der Waals surface area contributed by atoms with Crippen LogP contribution in [0.5, 0.6) is 0 Å². The lowest BCUT2D eigenvalue weighted by Crippen LogP contribution is -2.22. The molecule has 0 fully saturated rings. The SMILES string of the molecule is C=CN=C(N)c1nc(CC2=CC3=C(CCC3F)CC2C)n(CCCNCCCC(C)Nc2nc(F)nc3c2nc(CC2=CC4=C(CCC4F)CC2C)n3CCCN)c1N. The van der Waals surface area contributed by atoms with E-state index in [-0.39, 0.29) is 17.8 Å². The molecule has 0 saturated carbocycles. The highest BCUT2D eigenvalue weighted by atomic mass is 19.1. The first-order valence-corrected chi connectivity index (χ1v) is 21.5. The first-order chi connectivity index (χ1) is 28.4. The van der Waals surface area contributed by atoms with E-state index < -0.39 is 18.4 Å². The molecule has 0 aliphatic heterocycles. The minimum atomic E-state index is -0.908. The number of nitrogens with zero attached hydrogens (tertiary/aromatic N) is 7. The monoisotopic (exact) mass is 815 g/mol. The summed E-state index contributed by atoms with van der Waals surface area (Å²) < 4.78 is 48.3. The molecule has 5 atom stereocenters. The Balaban J connectivity index is 0.952. The van der Waals surface area contributed by atoms with E-state index in [2.05, 4.69) is 52.9 Å². The molecular weight excluding hydrogens is 754 g/mol. The summed E-state index contributed by atoms with van der Waals surface area (Å²) in [5.74, 6) is 3.15. The van der Waals surface area contributed by atoms with Gasteiger partial charge in [0.2, 0.25) is 0 Å². The van der Waals surface area contributed by atoms with E-state index >= 15 is 0 Å². The van der Waals surface area contributed by atoms with Gasteiger partial charge in [0.05, 0.1) is 0 Å². The molecule has 3 heterocycles. The number of anilines is 2. The number of aromatic nitrogens is 6. The number of aryl methyl sites for hydroxylation is 1. The zero-order valence-corrected chi connectivity index (χ0v) is 34.8. The summed E-state index contributed by atoms with van der Waals surface area (Å²) in [6.07, 6.45) is 11.6. The fraction of sp³-hybridized carbons (Fsp3) is 0.568. The molecule has 3 aromatic heterocycles. The van der Waals surface area contributed by atoms with E-state index in [0.717, 1.165) is 92.0 Å². The van der Waals surface area contributed by atoms with Crippen LogP contribution in [0.4, 0.5) is 24.8 Å². The van der Waals surface area contributed by atoms with Gasteiger partial charge in [-0.2, -0.15) is 14.4 Å². The lowest BCUT2D eigenvalue weighted by molar-refractivity contribution is 0.384. The number of allylic oxidation sites excluding steroid dienone is 8. The molecule has 4 aliphatic rings. The highest BCUT2D eigenvalue weighted by Crippen LogP contribution is 2.42. The molecular formula is C44H61F3N12. The highest BCUT2D eigenvalue weighted by molar-refractivity contribution is 6.00. The standard InChI is InChI=1S/C44H61F3N12/c1-5-52-40(49)38-41(50)58(36(54-38)23-30-21-32-28(19-25(30)2)10-12-34(32)45)18-8-16-51-15-6-9-27(4)53-42-39-43(57-44(47)56-42)59(17-7-14-48)37(55-39)24-31-22-33-29(20-26(31)3)11-13-35(33)46/h5,21-22,25-27,34-35,51H,1,6-20,23-24,48,50H2,2-4H3,(H2,49,52)(H,53,56,57). The van der Waals surface area contributed by atoms with Crippen molar-refractivity contribution < 1.29 is 13.2 Å². The largest absolute Gasteiger partial charge is 0.383 e. The average molecular weight is 815 g/mol. The Labute approximate surface area is 345 Å². The van der Waals surface area contributed by atoms with Gasteiger partial charge in [-0.05, 0) is 114 Å². The van der Waals surface area contributed by atoms with Gasteiger partial charge in [-0.1, -0.05) is 54.9 Å². The maximum atomic E-state index is 15.0. The molecule has 59 heavy (non-hydrogen) atoms. The molecule has 0 bridgehead atoms. The van der Waals surface area contributed by atoms with Crippen LogP contribution in [-0.4, -0.2) is 72.9 Å². The number of rotatable bonds is 19. The first-order valence-electron chi connectivity index (χ1n) is 21.5. The van der Waals surface area contributed by atoms with Crippen molar-refractivity contribution in [2.45, 2.75) is 129 Å². The number of hydrogen-bond acceptors (Lipinski definition) is 9. The van der Waals surface area contributed by atoms with Crippen LogP contribution in [-0.2, 0) is 25.9 Å². The lowest BCUT2D eigenvalue weighted by atomic mass is 9.84. The Morgan fingerprint density at radius 2 is 1.53 bits per heavy atom. The van der Waals surface area contributed by atoms with Crippen molar-refractivity contribution in [3.05, 3.63) is 81.8 Å². The van der Waals surface area contributed by atoms with Crippen LogP contribution in [0, 0.1) is 17.9 Å². The van der Waals surface area contributed by atoms with Crippen molar-refractivity contribution in [2.24, 2.45) is 28.3 Å². The zero-order chi connectivity index (χ0) is 41.8. The van der Waals surface area contributed by atoms with E-state index in [0.29, 0.717) is 86.1 Å². The number of amidine groups is 1. The summed E-state index contributed by atoms with van der Waals surface area (Å²) in [5, 5.41) is 6.95. The second-order valence-corrected chi connectivity index (χ2v) is 16.9. The maximum absolute atomic E-state index is 15.0. The third-order valence-corrected chi connectivity index (χ3v) is 12.6. The summed E-state index contributed by atoms with van der Waals surface area (Å²) in [5.41, 5.74) is 26.6. The van der Waals surface area contributed by atoms with Crippen molar-refractivity contribution >= 4 is 28.6 Å². The normalized spacial score (nSPS) is 22.5. The van der Waals surface area contributed by atoms with Crippen LogP contribution >= 0.6 is 0 Å². The third-order valence-electron chi connectivity index (χ3n) is 12.6. The van der Waals surface area contributed by atoms with Gasteiger partial charge >= 0.3 is 6.08 Å². The number of imidazole rings is 2. The van der Waals surface area contributed by atoms with Gasteiger partial charge in [0.1, 0.15) is 35.5 Å². The van der Waals surface area contributed by atoms with Gasteiger partial charge in [0.15, 0.2) is 22.8 Å². The van der Waals surface area contributed by atoms with Crippen molar-refractivity contribution in [2.75, 3.05) is 30.7 Å². The van der Waals surface area contributed by atoms with Crippen molar-refractivity contribution in [1.29, 1.82) is 0 Å². The van der Waals surface area contributed by atoms with Gasteiger partial charge in [-0.15, -0.1) is 0 Å². The molecule has 0 aromatic carbocycles. The van der Waals surface area contributed by atoms with E-state index in [1.807, 2.05) is 21.3 Å². The number of hydrogen-bond donors (Lipinski definition) is 5. The van der Waals surface area contributed by atoms with E-state index in [9.17, 15) is 13.2 Å². The number of nitrogens with one attached hydrogen (secondary N) is 2. The second kappa shape index (κ2) is 18.7. The summed E-state index contributed by atoms with van der Waals surface area (Å²) in [7, 11) is 0. The number of nitrogen functional groups attached to an aromatic ring is 1. The molecule has 0 spiro atoms. The summed E-state index contributed by atoms with van der Waals surface area (Å²) in [6.45, 7) is 13.3. The van der Waals surface area contributed by atoms with E-state index in [1.165, 1.54) is 17.3 Å². The van der Waals surface area contributed by atoms with E-state index in [4.69, 9.17) is 27.2 Å². The Hall–Kier alpha value is -4.76. The van der Waals surface area contributed by atoms with Crippen LogP contribution in [0.25, 0.3) is 11.2 Å². The molecule has 7 rings (SSSR count). The topological polar surface area (TPSA) is 176 Å². The Morgan fingerprint density at radius 3 is 2.15 bits per heavy atom. The Bertz CT molecular complexity index is 2190. The predicted molar refractivity (Wildman–Crippen MR) is 230 cm³/mol. The molecule has 318 valence electrons. The van der Waals surface area contributed by atoms with Crippen LogP contribution in [0.2, 0.25) is 0 Å². The van der Waals surface area contributed by atoms with Gasteiger partial charge in [-0.3, -0.25) is 0 Å². The molecule has 0 radical (unpaired) electrons. The van der Waals surface area contributed by atoms with Gasteiger partial charge in [0.25, 0.3) is 0 Å². The Morgan fingerprint density at radius 1 is 0.915 bits per heavy atom. The van der Waals surface area contributed by atoms with Crippen LogP contribution < -0.4 is 27.8 Å². The fourth-order valence-corrected chi connectivity index (χ4v) is 9.28. The first kappa shape index (κ1) is 42.4. The van der Waals surface area contributed by atoms with Gasteiger partial charge in [0, 0.05) is 38.2 Å². The van der Waals surface area contributed by atoms with Crippen molar-refractivity contribution in [1.82, 2.24) is 34.4 Å². The number of alkyl halides is 2. The molecule has 4 aliphatic carbocycles. The van der Waals surface area contributed by atoms with Crippen LogP contribution in [0.15, 0.2) is 63.4 Å². The maximum Gasteiger partial charge on any atom is 0.312 e.